The molecule has 1 aliphatic heterocycles. The van der Waals surface area contributed by atoms with Crippen molar-refractivity contribution >= 4 is 0 Å². The minimum atomic E-state index is -0.314. The second kappa shape index (κ2) is 3.74. The molecule has 1 saturated heterocycles. The lowest BCUT2D eigenvalue weighted by Gasteiger charge is -2.42. The fourth-order valence-corrected chi connectivity index (χ4v) is 2.86. The fraction of sp³-hybridized carbons (Fsp3) is 1.00. The van der Waals surface area contributed by atoms with Gasteiger partial charge in [0.2, 0.25) is 0 Å². The number of likely N-dealkylation sites (tertiary alicyclic amines) is 1. The maximum absolute atomic E-state index is 10.3. The highest BCUT2D eigenvalue weighted by Crippen LogP contribution is 2.44. The van der Waals surface area contributed by atoms with Crippen LogP contribution in [-0.2, 0) is 0 Å². The number of piperidine rings is 1. The topological polar surface area (TPSA) is 23.5 Å². The zero-order chi connectivity index (χ0) is 11.1. The molecular weight excluding hydrogens is 186 g/mol. The smallest absolute Gasteiger partial charge is 0.0804 e. The number of hydrogen-bond donors (Lipinski definition) is 1. The van der Waals surface area contributed by atoms with Gasteiger partial charge in [-0.2, -0.15) is 0 Å². The van der Waals surface area contributed by atoms with Gasteiger partial charge >= 0.3 is 0 Å². The zero-order valence-electron chi connectivity index (χ0n) is 10.4. The molecule has 2 aliphatic rings. The van der Waals surface area contributed by atoms with Gasteiger partial charge in [-0.3, -0.25) is 4.90 Å². The molecule has 88 valence electrons. The molecule has 1 heterocycles. The van der Waals surface area contributed by atoms with E-state index < -0.39 is 0 Å². The van der Waals surface area contributed by atoms with E-state index in [-0.39, 0.29) is 5.60 Å². The highest BCUT2D eigenvalue weighted by atomic mass is 16.3. The molecule has 2 fully saturated rings. The van der Waals surface area contributed by atoms with Gasteiger partial charge in [0.15, 0.2) is 0 Å². The summed E-state index contributed by atoms with van der Waals surface area (Å²) in [5.41, 5.74) is 0.0342. The third-order valence-electron chi connectivity index (χ3n) is 3.67. The van der Waals surface area contributed by atoms with Gasteiger partial charge in [0.05, 0.1) is 5.60 Å². The fourth-order valence-electron chi connectivity index (χ4n) is 2.86. The summed E-state index contributed by atoms with van der Waals surface area (Å²) in [6, 6.07) is 0.450. The summed E-state index contributed by atoms with van der Waals surface area (Å²) in [6.45, 7) is 9.17. The molecule has 1 atom stereocenters. The van der Waals surface area contributed by atoms with E-state index >= 15 is 0 Å². The van der Waals surface area contributed by atoms with Crippen LogP contribution in [0.4, 0.5) is 0 Å². The van der Waals surface area contributed by atoms with Crippen molar-refractivity contribution < 1.29 is 5.11 Å². The van der Waals surface area contributed by atoms with Crippen molar-refractivity contribution in [3.63, 3.8) is 0 Å². The van der Waals surface area contributed by atoms with Crippen LogP contribution in [0.15, 0.2) is 0 Å². The standard InChI is InChI=1S/C13H25NO/c1-12(2,3)10-14-9-5-4-6-11(14)13(15)7-8-13/h11,15H,4-10H2,1-3H3. The number of rotatable bonds is 2. The second-order valence-electron chi connectivity index (χ2n) is 6.65. The van der Waals surface area contributed by atoms with Crippen LogP contribution in [0.5, 0.6) is 0 Å². The van der Waals surface area contributed by atoms with Gasteiger partial charge in [-0.05, 0) is 37.6 Å². The molecule has 0 aromatic rings. The van der Waals surface area contributed by atoms with Gasteiger partial charge in [0.1, 0.15) is 0 Å². The van der Waals surface area contributed by atoms with Gasteiger partial charge in [0.25, 0.3) is 0 Å². The van der Waals surface area contributed by atoms with Gasteiger partial charge in [-0.15, -0.1) is 0 Å². The Morgan fingerprint density at radius 2 is 1.93 bits per heavy atom. The van der Waals surface area contributed by atoms with E-state index in [1.54, 1.807) is 0 Å². The lowest BCUT2D eigenvalue weighted by molar-refractivity contribution is -0.00642. The quantitative estimate of drug-likeness (QED) is 0.758. The largest absolute Gasteiger partial charge is 0.388 e. The van der Waals surface area contributed by atoms with E-state index in [1.807, 2.05) is 0 Å². The Balaban J connectivity index is 2.00. The minimum absolute atomic E-state index is 0.314. The van der Waals surface area contributed by atoms with Crippen molar-refractivity contribution in [2.75, 3.05) is 13.1 Å². The van der Waals surface area contributed by atoms with Crippen molar-refractivity contribution in [1.29, 1.82) is 0 Å². The van der Waals surface area contributed by atoms with E-state index in [2.05, 4.69) is 25.7 Å². The Hall–Kier alpha value is -0.0800. The molecule has 2 heteroatoms. The molecule has 1 N–H and O–H groups in total. The molecule has 0 radical (unpaired) electrons. The summed E-state index contributed by atoms with van der Waals surface area (Å²) >= 11 is 0. The first-order valence-electron chi connectivity index (χ1n) is 6.37. The summed E-state index contributed by atoms with van der Waals surface area (Å²) in [6.07, 6.45) is 5.86. The van der Waals surface area contributed by atoms with Crippen LogP contribution in [0.1, 0.15) is 52.9 Å². The average Bonchev–Trinajstić information content (AvgIpc) is 2.83. The van der Waals surface area contributed by atoms with Crippen LogP contribution in [0.25, 0.3) is 0 Å². The lowest BCUT2D eigenvalue weighted by atomic mass is 9.90. The number of hydrogen-bond acceptors (Lipinski definition) is 2. The van der Waals surface area contributed by atoms with Crippen LogP contribution >= 0.6 is 0 Å². The predicted octanol–water partition coefficient (Wildman–Crippen LogP) is 2.41. The zero-order valence-corrected chi connectivity index (χ0v) is 10.4. The van der Waals surface area contributed by atoms with Crippen molar-refractivity contribution in [3.8, 4) is 0 Å². The monoisotopic (exact) mass is 211 g/mol. The second-order valence-corrected chi connectivity index (χ2v) is 6.65. The molecule has 2 nitrogen and oxygen atoms in total. The maximum atomic E-state index is 10.3. The summed E-state index contributed by atoms with van der Waals surface area (Å²) in [7, 11) is 0. The first kappa shape index (κ1) is 11.4. The number of aliphatic hydroxyl groups is 1. The molecule has 0 bridgehead atoms. The SMILES string of the molecule is CC(C)(C)CN1CCCCC1C1(O)CC1. The van der Waals surface area contributed by atoms with E-state index in [9.17, 15) is 5.11 Å². The van der Waals surface area contributed by atoms with Crippen LogP contribution in [0, 0.1) is 5.41 Å². The first-order valence-corrected chi connectivity index (χ1v) is 6.37. The summed E-state index contributed by atoms with van der Waals surface area (Å²) in [5, 5.41) is 10.3. The van der Waals surface area contributed by atoms with Crippen molar-refractivity contribution in [2.45, 2.75) is 64.5 Å². The molecule has 0 spiro atoms. The maximum Gasteiger partial charge on any atom is 0.0804 e. The van der Waals surface area contributed by atoms with Crippen LogP contribution in [0.2, 0.25) is 0 Å². The Bertz CT molecular complexity index is 227. The number of nitrogens with zero attached hydrogens (tertiary/aromatic N) is 1. The predicted molar refractivity (Wildman–Crippen MR) is 62.9 cm³/mol. The normalized spacial score (nSPS) is 31.6. The van der Waals surface area contributed by atoms with Crippen molar-refractivity contribution in [3.05, 3.63) is 0 Å². The van der Waals surface area contributed by atoms with Crippen LogP contribution in [0.3, 0.4) is 0 Å². The molecule has 1 saturated carbocycles. The lowest BCUT2D eigenvalue weighted by Crippen LogP contribution is -2.50. The Morgan fingerprint density at radius 3 is 2.47 bits per heavy atom. The van der Waals surface area contributed by atoms with E-state index in [0.29, 0.717) is 11.5 Å². The molecule has 2 rings (SSSR count). The van der Waals surface area contributed by atoms with Gasteiger partial charge in [-0.1, -0.05) is 27.2 Å². The summed E-state index contributed by atoms with van der Waals surface area (Å²) < 4.78 is 0. The highest BCUT2D eigenvalue weighted by molar-refractivity contribution is 5.05. The van der Waals surface area contributed by atoms with Crippen LogP contribution < -0.4 is 0 Å². The molecule has 15 heavy (non-hydrogen) atoms. The molecule has 0 aromatic carbocycles. The Morgan fingerprint density at radius 1 is 1.27 bits per heavy atom. The first-order chi connectivity index (χ1) is 6.91. The van der Waals surface area contributed by atoms with Crippen molar-refractivity contribution in [1.82, 2.24) is 4.90 Å². The average molecular weight is 211 g/mol. The molecule has 1 aliphatic carbocycles. The Labute approximate surface area is 93.7 Å². The summed E-state index contributed by atoms with van der Waals surface area (Å²) in [4.78, 5) is 2.54. The third kappa shape index (κ3) is 2.73. The van der Waals surface area contributed by atoms with Gasteiger partial charge < -0.3 is 5.11 Å². The molecule has 0 aromatic heterocycles. The third-order valence-corrected chi connectivity index (χ3v) is 3.67. The van der Waals surface area contributed by atoms with E-state index in [0.717, 1.165) is 19.4 Å². The molecule has 1 unspecified atom stereocenters. The van der Waals surface area contributed by atoms with Gasteiger partial charge in [-0.25, -0.2) is 0 Å². The highest BCUT2D eigenvalue weighted by Gasteiger charge is 2.50. The van der Waals surface area contributed by atoms with Gasteiger partial charge in [0, 0.05) is 12.6 Å². The van der Waals surface area contributed by atoms with Crippen molar-refractivity contribution in [2.24, 2.45) is 5.41 Å². The van der Waals surface area contributed by atoms with E-state index in [1.165, 1.54) is 25.8 Å². The Kier molecular flexibility index (Phi) is 2.85. The van der Waals surface area contributed by atoms with E-state index in [4.69, 9.17) is 0 Å². The summed E-state index contributed by atoms with van der Waals surface area (Å²) in [5.74, 6) is 0. The molecular formula is C13H25NO. The molecule has 0 amide bonds. The minimum Gasteiger partial charge on any atom is -0.388 e. The van der Waals surface area contributed by atoms with Crippen LogP contribution in [-0.4, -0.2) is 34.7 Å².